The second kappa shape index (κ2) is 6.80. The van der Waals surface area contributed by atoms with E-state index < -0.39 is 11.7 Å². The van der Waals surface area contributed by atoms with E-state index in [2.05, 4.69) is 24.1 Å². The maximum atomic E-state index is 11.7. The zero-order valence-electron chi connectivity index (χ0n) is 12.2. The number of hydrogen-bond donors (Lipinski definition) is 1. The van der Waals surface area contributed by atoms with Crippen molar-refractivity contribution in [3.8, 4) is 0 Å². The average Bonchev–Trinajstić information content (AvgIpc) is 2.29. The first-order valence-corrected chi connectivity index (χ1v) is 7.46. The molecule has 0 aliphatic heterocycles. The first-order valence-electron chi connectivity index (χ1n) is 6.47. The van der Waals surface area contributed by atoms with Crippen LogP contribution in [0.2, 0.25) is 0 Å². The van der Waals surface area contributed by atoms with Crippen molar-refractivity contribution < 1.29 is 9.53 Å². The Bertz CT molecular complexity index is 442. The van der Waals surface area contributed by atoms with Crippen LogP contribution in [0.15, 0.2) is 17.3 Å². The van der Waals surface area contributed by atoms with Gasteiger partial charge in [-0.25, -0.2) is 9.78 Å². The molecule has 4 nitrogen and oxygen atoms in total. The van der Waals surface area contributed by atoms with Crippen LogP contribution in [0.5, 0.6) is 0 Å². The molecule has 0 saturated heterocycles. The van der Waals surface area contributed by atoms with E-state index in [1.54, 1.807) is 18.0 Å². The number of anilines is 1. The van der Waals surface area contributed by atoms with Crippen LogP contribution in [0.25, 0.3) is 0 Å². The molecule has 0 saturated carbocycles. The normalized spacial score (nSPS) is 11.2. The largest absolute Gasteiger partial charge is 0.444 e. The number of amides is 1. The van der Waals surface area contributed by atoms with Crippen molar-refractivity contribution >= 4 is 23.5 Å². The van der Waals surface area contributed by atoms with Gasteiger partial charge in [-0.1, -0.05) is 13.8 Å². The fraction of sp³-hybridized carbons (Fsp3) is 0.571. The number of carbonyl (C=O) groups excluding carboxylic acids is 1. The van der Waals surface area contributed by atoms with Gasteiger partial charge in [-0.05, 0) is 44.6 Å². The summed E-state index contributed by atoms with van der Waals surface area (Å²) in [6.45, 7) is 9.66. The van der Waals surface area contributed by atoms with E-state index in [-0.39, 0.29) is 0 Å². The summed E-state index contributed by atoms with van der Waals surface area (Å²) in [6, 6.07) is 2.01. The molecule has 1 amide bonds. The number of carbonyl (C=O) groups is 1. The SMILES string of the molecule is CCSc1cc(CC)c(NC(=O)OC(C)(C)C)cn1. The van der Waals surface area contributed by atoms with Crippen molar-refractivity contribution in [3.05, 3.63) is 17.8 Å². The number of aromatic nitrogens is 1. The second-order valence-electron chi connectivity index (χ2n) is 5.09. The van der Waals surface area contributed by atoms with E-state index in [1.807, 2.05) is 26.8 Å². The Hall–Kier alpha value is -1.23. The monoisotopic (exact) mass is 282 g/mol. The third-order valence-electron chi connectivity index (χ3n) is 2.27. The maximum Gasteiger partial charge on any atom is 0.412 e. The molecule has 0 spiro atoms. The van der Waals surface area contributed by atoms with Gasteiger partial charge in [-0.2, -0.15) is 0 Å². The minimum atomic E-state index is -0.498. The third kappa shape index (κ3) is 5.51. The molecule has 1 aromatic rings. The Morgan fingerprint density at radius 3 is 2.63 bits per heavy atom. The molecule has 0 aromatic carbocycles. The first-order chi connectivity index (χ1) is 8.85. The Kier molecular flexibility index (Phi) is 5.66. The summed E-state index contributed by atoms with van der Waals surface area (Å²) in [6.07, 6.45) is 2.09. The van der Waals surface area contributed by atoms with Crippen LogP contribution in [0.4, 0.5) is 10.5 Å². The zero-order valence-corrected chi connectivity index (χ0v) is 13.1. The molecule has 1 N–H and O–H groups in total. The molecule has 106 valence electrons. The summed E-state index contributed by atoms with van der Waals surface area (Å²) < 4.78 is 5.24. The number of hydrogen-bond acceptors (Lipinski definition) is 4. The van der Waals surface area contributed by atoms with Crippen LogP contribution in [-0.2, 0) is 11.2 Å². The van der Waals surface area contributed by atoms with E-state index in [0.29, 0.717) is 0 Å². The molecule has 0 aliphatic rings. The highest BCUT2D eigenvalue weighted by Crippen LogP contribution is 2.22. The molecule has 0 unspecified atom stereocenters. The summed E-state index contributed by atoms with van der Waals surface area (Å²) in [5.74, 6) is 0.981. The average molecular weight is 282 g/mol. The molecule has 5 heteroatoms. The number of pyridine rings is 1. The molecule has 0 atom stereocenters. The Morgan fingerprint density at radius 1 is 1.42 bits per heavy atom. The lowest BCUT2D eigenvalue weighted by Crippen LogP contribution is -2.27. The van der Waals surface area contributed by atoms with Crippen molar-refractivity contribution in [2.24, 2.45) is 0 Å². The van der Waals surface area contributed by atoms with Gasteiger partial charge in [-0.3, -0.25) is 5.32 Å². The fourth-order valence-electron chi connectivity index (χ4n) is 1.52. The van der Waals surface area contributed by atoms with Gasteiger partial charge in [-0.15, -0.1) is 11.8 Å². The molecular formula is C14H22N2O2S. The van der Waals surface area contributed by atoms with Crippen molar-refractivity contribution in [1.29, 1.82) is 0 Å². The van der Waals surface area contributed by atoms with E-state index in [1.165, 1.54) is 0 Å². The van der Waals surface area contributed by atoms with Crippen LogP contribution in [-0.4, -0.2) is 22.4 Å². The van der Waals surface area contributed by atoms with E-state index in [4.69, 9.17) is 4.74 Å². The van der Waals surface area contributed by atoms with Crippen LogP contribution < -0.4 is 5.32 Å². The highest BCUT2D eigenvalue weighted by molar-refractivity contribution is 7.99. The quantitative estimate of drug-likeness (QED) is 0.845. The third-order valence-corrected chi connectivity index (χ3v) is 3.08. The molecule has 1 aromatic heterocycles. The number of aryl methyl sites for hydroxylation is 1. The van der Waals surface area contributed by atoms with Gasteiger partial charge in [0.05, 0.1) is 16.9 Å². The Morgan fingerprint density at radius 2 is 2.11 bits per heavy atom. The van der Waals surface area contributed by atoms with Gasteiger partial charge in [0.15, 0.2) is 0 Å². The molecule has 1 heterocycles. The molecule has 1 rings (SSSR count). The van der Waals surface area contributed by atoms with Crippen LogP contribution in [0, 0.1) is 0 Å². The Labute approximate surface area is 119 Å². The predicted octanol–water partition coefficient (Wildman–Crippen LogP) is 4.10. The zero-order chi connectivity index (χ0) is 14.5. The summed E-state index contributed by atoms with van der Waals surface area (Å²) in [7, 11) is 0. The maximum absolute atomic E-state index is 11.7. The van der Waals surface area contributed by atoms with Gasteiger partial charge >= 0.3 is 6.09 Å². The van der Waals surface area contributed by atoms with Gasteiger partial charge in [0.1, 0.15) is 5.60 Å². The summed E-state index contributed by atoms with van der Waals surface area (Å²) in [5, 5.41) is 3.74. The number of rotatable bonds is 4. The number of nitrogens with zero attached hydrogens (tertiary/aromatic N) is 1. The minimum absolute atomic E-state index is 0.445. The van der Waals surface area contributed by atoms with Crippen LogP contribution >= 0.6 is 11.8 Å². The highest BCUT2D eigenvalue weighted by Gasteiger charge is 2.17. The molecule has 0 bridgehead atoms. The van der Waals surface area contributed by atoms with Crippen molar-refractivity contribution in [2.75, 3.05) is 11.1 Å². The van der Waals surface area contributed by atoms with Gasteiger partial charge in [0, 0.05) is 0 Å². The lowest BCUT2D eigenvalue weighted by atomic mass is 10.2. The van der Waals surface area contributed by atoms with Crippen LogP contribution in [0.1, 0.15) is 40.2 Å². The number of thioether (sulfide) groups is 1. The van der Waals surface area contributed by atoms with Crippen molar-refractivity contribution in [3.63, 3.8) is 0 Å². The van der Waals surface area contributed by atoms with Gasteiger partial charge in [0.2, 0.25) is 0 Å². The molecule has 19 heavy (non-hydrogen) atoms. The second-order valence-corrected chi connectivity index (χ2v) is 6.38. The lowest BCUT2D eigenvalue weighted by Gasteiger charge is -2.20. The first kappa shape index (κ1) is 15.8. The van der Waals surface area contributed by atoms with E-state index in [0.717, 1.165) is 28.5 Å². The topological polar surface area (TPSA) is 51.2 Å². The summed E-state index contributed by atoms with van der Waals surface area (Å²) in [4.78, 5) is 16.1. The standard InChI is InChI=1S/C14H22N2O2S/c1-6-10-8-12(19-7-2)15-9-11(10)16-13(17)18-14(3,4)5/h8-9H,6-7H2,1-5H3,(H,16,17). The van der Waals surface area contributed by atoms with Gasteiger partial charge < -0.3 is 4.74 Å². The minimum Gasteiger partial charge on any atom is -0.444 e. The highest BCUT2D eigenvalue weighted by atomic mass is 32.2. The predicted molar refractivity (Wildman–Crippen MR) is 79.9 cm³/mol. The van der Waals surface area contributed by atoms with E-state index >= 15 is 0 Å². The molecular weight excluding hydrogens is 260 g/mol. The van der Waals surface area contributed by atoms with Crippen LogP contribution in [0.3, 0.4) is 0 Å². The molecule has 0 fully saturated rings. The van der Waals surface area contributed by atoms with E-state index in [9.17, 15) is 4.79 Å². The lowest BCUT2D eigenvalue weighted by molar-refractivity contribution is 0.0635. The number of nitrogens with one attached hydrogen (secondary N) is 1. The van der Waals surface area contributed by atoms with Crippen molar-refractivity contribution in [2.45, 2.75) is 51.7 Å². The smallest absolute Gasteiger partial charge is 0.412 e. The molecule has 0 radical (unpaired) electrons. The summed E-state index contributed by atoms with van der Waals surface area (Å²) >= 11 is 1.69. The fourth-order valence-corrected chi connectivity index (χ4v) is 2.17. The number of ether oxygens (including phenoxy) is 1. The Balaban J connectivity index is 2.80. The van der Waals surface area contributed by atoms with Gasteiger partial charge in [0.25, 0.3) is 0 Å². The molecule has 0 aliphatic carbocycles. The van der Waals surface area contributed by atoms with Crippen molar-refractivity contribution in [1.82, 2.24) is 4.98 Å². The summed E-state index contributed by atoms with van der Waals surface area (Å²) in [5.41, 5.74) is 1.29.